The van der Waals surface area contributed by atoms with Gasteiger partial charge in [0.25, 0.3) is 0 Å². The number of nitrogens with one attached hydrogen (secondary N) is 2. The fourth-order valence-corrected chi connectivity index (χ4v) is 2.64. The number of rotatable bonds is 2. The zero-order valence-corrected chi connectivity index (χ0v) is 9.87. The Labute approximate surface area is 92.9 Å². The second-order valence-corrected chi connectivity index (χ2v) is 5.35. The van der Waals surface area contributed by atoms with E-state index in [-0.39, 0.29) is 5.54 Å². The predicted molar refractivity (Wildman–Crippen MR) is 61.2 cm³/mol. The minimum Gasteiger partial charge on any atom is -0.357 e. The predicted octanol–water partition coefficient (Wildman–Crippen LogP) is 2.35. The molecule has 1 aromatic heterocycles. The molecule has 1 saturated heterocycles. The van der Waals surface area contributed by atoms with Crippen LogP contribution in [0, 0.1) is 0 Å². The number of hydrogen-bond acceptors (Lipinski definition) is 4. The van der Waals surface area contributed by atoms with E-state index >= 15 is 0 Å². The van der Waals surface area contributed by atoms with Crippen LogP contribution in [0.5, 0.6) is 0 Å². The molecule has 0 spiro atoms. The summed E-state index contributed by atoms with van der Waals surface area (Å²) in [5.74, 6) is 0. The summed E-state index contributed by atoms with van der Waals surface area (Å²) in [6, 6.07) is 0.435. The number of aromatic nitrogens is 1. The summed E-state index contributed by atoms with van der Waals surface area (Å²) < 4.78 is 0. The largest absolute Gasteiger partial charge is 0.357 e. The number of nitrogens with zero attached hydrogens (tertiary/aromatic N) is 1. The zero-order chi connectivity index (χ0) is 10.2. The van der Waals surface area contributed by atoms with Gasteiger partial charge in [0.05, 0.1) is 0 Å². The van der Waals surface area contributed by atoms with E-state index in [9.17, 15) is 0 Å². The van der Waals surface area contributed by atoms with Gasteiger partial charge < -0.3 is 10.6 Å². The van der Waals surface area contributed by atoms with Crippen LogP contribution >= 0.6 is 22.9 Å². The first kappa shape index (κ1) is 10.2. The van der Waals surface area contributed by atoms with Crippen molar-refractivity contribution in [2.45, 2.75) is 31.8 Å². The minimum atomic E-state index is 0.137. The van der Waals surface area contributed by atoms with Gasteiger partial charge in [-0.1, -0.05) is 11.6 Å². The van der Waals surface area contributed by atoms with Crippen LogP contribution in [0.3, 0.4) is 0 Å². The van der Waals surface area contributed by atoms with Crippen LogP contribution in [-0.4, -0.2) is 23.1 Å². The van der Waals surface area contributed by atoms with Gasteiger partial charge in [-0.15, -0.1) is 11.3 Å². The molecule has 2 heterocycles. The third-order valence-corrected chi connectivity index (χ3v) is 3.76. The average Bonchev–Trinajstić information content (AvgIpc) is 2.61. The Kier molecular flexibility index (Phi) is 2.68. The van der Waals surface area contributed by atoms with E-state index in [0.717, 1.165) is 18.1 Å². The van der Waals surface area contributed by atoms with Crippen molar-refractivity contribution in [3.8, 4) is 0 Å². The molecule has 2 rings (SSSR count). The summed E-state index contributed by atoms with van der Waals surface area (Å²) in [4.78, 5) is 4.18. The molecular formula is C9H14ClN3S. The molecular weight excluding hydrogens is 218 g/mol. The lowest BCUT2D eigenvalue weighted by Crippen LogP contribution is -2.45. The third kappa shape index (κ3) is 2.02. The molecule has 78 valence electrons. The van der Waals surface area contributed by atoms with Crippen LogP contribution in [0.2, 0.25) is 5.15 Å². The van der Waals surface area contributed by atoms with Crippen LogP contribution < -0.4 is 10.6 Å². The van der Waals surface area contributed by atoms with Gasteiger partial charge in [0, 0.05) is 17.0 Å². The SMILES string of the molecule is CC1(C)NCCC1Nc1nc(Cl)cs1. The first-order chi connectivity index (χ1) is 6.58. The van der Waals surface area contributed by atoms with Gasteiger partial charge in [-0.3, -0.25) is 0 Å². The Morgan fingerprint density at radius 1 is 1.71 bits per heavy atom. The van der Waals surface area contributed by atoms with Crippen molar-refractivity contribution in [3.05, 3.63) is 10.5 Å². The summed E-state index contributed by atoms with van der Waals surface area (Å²) in [5, 5.41) is 10.2. The van der Waals surface area contributed by atoms with Gasteiger partial charge in [-0.2, -0.15) is 0 Å². The summed E-state index contributed by atoms with van der Waals surface area (Å²) in [6.07, 6.45) is 1.13. The second-order valence-electron chi connectivity index (χ2n) is 4.11. The van der Waals surface area contributed by atoms with Crippen molar-refractivity contribution in [1.82, 2.24) is 10.3 Å². The molecule has 1 atom stereocenters. The summed E-state index contributed by atoms with van der Waals surface area (Å²) in [5.41, 5.74) is 0.137. The van der Waals surface area contributed by atoms with Crippen LogP contribution in [0.25, 0.3) is 0 Å². The van der Waals surface area contributed by atoms with E-state index in [1.807, 2.05) is 5.38 Å². The number of hydrogen-bond donors (Lipinski definition) is 2. The Hall–Kier alpha value is -0.320. The van der Waals surface area contributed by atoms with Gasteiger partial charge >= 0.3 is 0 Å². The topological polar surface area (TPSA) is 37.0 Å². The van der Waals surface area contributed by atoms with Gasteiger partial charge in [0.1, 0.15) is 5.15 Å². The second kappa shape index (κ2) is 3.68. The average molecular weight is 232 g/mol. The Bertz CT molecular complexity index is 324. The maximum atomic E-state index is 5.76. The highest BCUT2D eigenvalue weighted by atomic mass is 35.5. The minimum absolute atomic E-state index is 0.137. The van der Waals surface area contributed by atoms with E-state index in [2.05, 4.69) is 29.5 Å². The molecule has 1 unspecified atom stereocenters. The molecule has 3 nitrogen and oxygen atoms in total. The highest BCUT2D eigenvalue weighted by Gasteiger charge is 2.34. The highest BCUT2D eigenvalue weighted by molar-refractivity contribution is 7.14. The maximum absolute atomic E-state index is 5.76. The fraction of sp³-hybridized carbons (Fsp3) is 0.667. The van der Waals surface area contributed by atoms with Crippen LogP contribution in [0.15, 0.2) is 5.38 Å². The van der Waals surface area contributed by atoms with Gasteiger partial charge in [-0.05, 0) is 26.8 Å². The van der Waals surface area contributed by atoms with Gasteiger partial charge in [0.15, 0.2) is 5.13 Å². The lowest BCUT2D eigenvalue weighted by atomic mass is 9.97. The van der Waals surface area contributed by atoms with Crippen molar-refractivity contribution in [2.24, 2.45) is 0 Å². The van der Waals surface area contributed by atoms with E-state index < -0.39 is 0 Å². The van der Waals surface area contributed by atoms with Crippen molar-refractivity contribution in [1.29, 1.82) is 0 Å². The van der Waals surface area contributed by atoms with Crippen LogP contribution in [0.4, 0.5) is 5.13 Å². The zero-order valence-electron chi connectivity index (χ0n) is 8.30. The molecule has 0 aromatic carbocycles. The third-order valence-electron chi connectivity index (χ3n) is 2.66. The first-order valence-electron chi connectivity index (χ1n) is 4.70. The molecule has 2 N–H and O–H groups in total. The van der Waals surface area contributed by atoms with Crippen molar-refractivity contribution >= 4 is 28.1 Å². The van der Waals surface area contributed by atoms with E-state index in [0.29, 0.717) is 11.2 Å². The van der Waals surface area contributed by atoms with Crippen molar-refractivity contribution in [2.75, 3.05) is 11.9 Å². The molecule has 0 bridgehead atoms. The summed E-state index contributed by atoms with van der Waals surface area (Å²) >= 11 is 7.32. The summed E-state index contributed by atoms with van der Waals surface area (Å²) in [6.45, 7) is 5.46. The van der Waals surface area contributed by atoms with Crippen molar-refractivity contribution in [3.63, 3.8) is 0 Å². The van der Waals surface area contributed by atoms with Gasteiger partial charge in [-0.25, -0.2) is 4.98 Å². The van der Waals surface area contributed by atoms with Gasteiger partial charge in [0.2, 0.25) is 0 Å². The van der Waals surface area contributed by atoms with Crippen LogP contribution in [0.1, 0.15) is 20.3 Å². The molecule has 0 saturated carbocycles. The Morgan fingerprint density at radius 3 is 3.00 bits per heavy atom. The molecule has 0 aliphatic carbocycles. The maximum Gasteiger partial charge on any atom is 0.184 e. The quantitative estimate of drug-likeness (QED) is 0.821. The summed E-state index contributed by atoms with van der Waals surface area (Å²) in [7, 11) is 0. The molecule has 5 heteroatoms. The first-order valence-corrected chi connectivity index (χ1v) is 5.96. The monoisotopic (exact) mass is 231 g/mol. The lowest BCUT2D eigenvalue weighted by molar-refractivity contribution is 0.427. The lowest BCUT2D eigenvalue weighted by Gasteiger charge is -2.27. The normalized spacial score (nSPS) is 25.2. The molecule has 0 radical (unpaired) electrons. The smallest absolute Gasteiger partial charge is 0.184 e. The molecule has 14 heavy (non-hydrogen) atoms. The standard InChI is InChI=1S/C9H14ClN3S/c1-9(2)6(3-4-11-9)12-8-13-7(10)5-14-8/h5-6,11H,3-4H2,1-2H3,(H,12,13). The van der Waals surface area contributed by atoms with E-state index in [4.69, 9.17) is 11.6 Å². The van der Waals surface area contributed by atoms with Crippen molar-refractivity contribution < 1.29 is 0 Å². The van der Waals surface area contributed by atoms with E-state index in [1.165, 1.54) is 0 Å². The fourth-order valence-electron chi connectivity index (χ4n) is 1.74. The van der Waals surface area contributed by atoms with E-state index in [1.54, 1.807) is 11.3 Å². The highest BCUT2D eigenvalue weighted by Crippen LogP contribution is 2.26. The molecule has 0 amide bonds. The van der Waals surface area contributed by atoms with Crippen LogP contribution in [-0.2, 0) is 0 Å². The number of halogens is 1. The Morgan fingerprint density at radius 2 is 2.50 bits per heavy atom. The molecule has 1 aromatic rings. The molecule has 1 aliphatic rings. The number of anilines is 1. The molecule has 1 aliphatic heterocycles. The Balaban J connectivity index is 2.04. The number of thiazole rings is 1. The molecule has 1 fully saturated rings.